The van der Waals surface area contributed by atoms with Crippen molar-refractivity contribution < 1.29 is 53.7 Å². The third-order valence-electron chi connectivity index (χ3n) is 6.51. The van der Waals surface area contributed by atoms with E-state index in [2.05, 4.69) is 29.6 Å². The Labute approximate surface area is 254 Å². The third-order valence-corrected chi connectivity index (χ3v) is 6.81. The van der Waals surface area contributed by atoms with Gasteiger partial charge in [-0.05, 0) is 59.9 Å². The fourth-order valence-electron chi connectivity index (χ4n) is 4.56. The predicted molar refractivity (Wildman–Crippen MR) is 144 cm³/mol. The number of rotatable bonds is 8. The van der Waals surface area contributed by atoms with Crippen molar-refractivity contribution in [2.75, 3.05) is 13.2 Å². The second-order valence-corrected chi connectivity index (χ2v) is 9.39. The standard InChI is InChI=1S/C31H26ClNO5.Na/c32-27-18-26-25(31(35)36)15-17-37-28(26)19-29(27)38-23-12-10-22(11-13-23)30(34)33-16-14-21-8-4-5-9-24(21)20-6-2-1-3-7-20;/h1-13,18-19,25H,14-17H2,(H,33,34)(H,35,36);/q;+1/p-1. The molecular formula is C31H25ClNNaO5. The number of carbonyl (C=O) groups is 2. The second-order valence-electron chi connectivity index (χ2n) is 8.98. The fraction of sp³-hybridized carbons (Fsp3) is 0.161. The van der Waals surface area contributed by atoms with Crippen LogP contribution in [0, 0.1) is 0 Å². The molecule has 1 unspecified atom stereocenters. The number of halogens is 1. The summed E-state index contributed by atoms with van der Waals surface area (Å²) >= 11 is 6.36. The number of aliphatic carboxylic acids is 1. The van der Waals surface area contributed by atoms with Crippen LogP contribution in [0.25, 0.3) is 11.1 Å². The molecule has 0 fully saturated rings. The van der Waals surface area contributed by atoms with Crippen LogP contribution in [0.3, 0.4) is 0 Å². The molecule has 1 heterocycles. The van der Waals surface area contributed by atoms with Crippen LogP contribution >= 0.6 is 11.6 Å². The summed E-state index contributed by atoms with van der Waals surface area (Å²) in [7, 11) is 0. The van der Waals surface area contributed by atoms with E-state index in [0.717, 1.165) is 11.1 Å². The van der Waals surface area contributed by atoms with Gasteiger partial charge in [-0.1, -0.05) is 66.2 Å². The molecule has 1 atom stereocenters. The first kappa shape index (κ1) is 28.7. The number of nitrogens with one attached hydrogen (secondary N) is 1. The Hall–Kier alpha value is -3.29. The van der Waals surface area contributed by atoms with Gasteiger partial charge in [-0.2, -0.15) is 0 Å². The Kier molecular flexibility index (Phi) is 9.70. The summed E-state index contributed by atoms with van der Waals surface area (Å²) < 4.78 is 11.5. The molecule has 0 bridgehead atoms. The smallest absolute Gasteiger partial charge is 0.549 e. The van der Waals surface area contributed by atoms with Gasteiger partial charge in [-0.3, -0.25) is 4.79 Å². The first-order chi connectivity index (χ1) is 18.5. The summed E-state index contributed by atoms with van der Waals surface area (Å²) in [5.74, 6) is -0.883. The Bertz CT molecular complexity index is 1460. The number of ether oxygens (including phenoxy) is 2. The number of carbonyl (C=O) groups excluding carboxylic acids is 2. The monoisotopic (exact) mass is 549 g/mol. The molecule has 1 N–H and O–H groups in total. The van der Waals surface area contributed by atoms with Gasteiger partial charge in [0.1, 0.15) is 17.2 Å². The van der Waals surface area contributed by atoms with E-state index in [4.69, 9.17) is 21.1 Å². The number of benzene rings is 4. The van der Waals surface area contributed by atoms with Crippen molar-refractivity contribution in [3.63, 3.8) is 0 Å². The van der Waals surface area contributed by atoms with Crippen molar-refractivity contribution in [2.45, 2.75) is 18.8 Å². The molecule has 0 saturated carbocycles. The predicted octanol–water partition coefficient (Wildman–Crippen LogP) is 2.39. The first-order valence-electron chi connectivity index (χ1n) is 12.4. The van der Waals surface area contributed by atoms with Gasteiger partial charge in [-0.25, -0.2) is 0 Å². The summed E-state index contributed by atoms with van der Waals surface area (Å²) in [6.07, 6.45) is 1.03. The van der Waals surface area contributed by atoms with Crippen LogP contribution < -0.4 is 49.5 Å². The zero-order valence-corrected chi connectivity index (χ0v) is 24.2. The summed E-state index contributed by atoms with van der Waals surface area (Å²) in [5, 5.41) is 14.7. The number of hydrogen-bond acceptors (Lipinski definition) is 5. The van der Waals surface area contributed by atoms with Crippen molar-refractivity contribution >= 4 is 23.5 Å². The molecule has 4 aromatic rings. The largest absolute Gasteiger partial charge is 1.00 e. The van der Waals surface area contributed by atoms with E-state index < -0.39 is 11.9 Å². The first-order valence-corrected chi connectivity index (χ1v) is 12.7. The van der Waals surface area contributed by atoms with E-state index in [1.807, 2.05) is 30.3 Å². The topological polar surface area (TPSA) is 87.7 Å². The normalized spacial score (nSPS) is 13.8. The van der Waals surface area contributed by atoms with Crippen LogP contribution in [-0.2, 0) is 11.2 Å². The van der Waals surface area contributed by atoms with Crippen LogP contribution in [-0.4, -0.2) is 25.0 Å². The number of fused-ring (bicyclic) bond motifs is 1. The van der Waals surface area contributed by atoms with Crippen molar-refractivity contribution in [2.24, 2.45) is 0 Å². The van der Waals surface area contributed by atoms with E-state index in [0.29, 0.717) is 47.8 Å². The zero-order chi connectivity index (χ0) is 26.5. The molecule has 0 aliphatic carbocycles. The molecule has 8 heteroatoms. The maximum absolute atomic E-state index is 12.7. The fourth-order valence-corrected chi connectivity index (χ4v) is 4.78. The van der Waals surface area contributed by atoms with Gasteiger partial charge in [0, 0.05) is 35.6 Å². The van der Waals surface area contributed by atoms with Gasteiger partial charge in [0.25, 0.3) is 5.91 Å². The second kappa shape index (κ2) is 13.2. The summed E-state index contributed by atoms with van der Waals surface area (Å²) in [4.78, 5) is 24.1. The van der Waals surface area contributed by atoms with Crippen molar-refractivity contribution in [1.29, 1.82) is 0 Å². The molecule has 1 amide bonds. The van der Waals surface area contributed by atoms with Gasteiger partial charge in [0.05, 0.1) is 11.6 Å². The average Bonchev–Trinajstić information content (AvgIpc) is 2.94. The quantitative estimate of drug-likeness (QED) is 0.341. The van der Waals surface area contributed by atoms with Crippen LogP contribution in [0.5, 0.6) is 17.2 Å². The molecule has 1 aliphatic heterocycles. The summed E-state index contributed by atoms with van der Waals surface area (Å²) in [5.41, 5.74) is 4.46. The van der Waals surface area contributed by atoms with Crippen LogP contribution in [0.4, 0.5) is 0 Å². The van der Waals surface area contributed by atoms with Gasteiger partial charge in [-0.15, -0.1) is 0 Å². The molecule has 39 heavy (non-hydrogen) atoms. The Balaban J connectivity index is 0.00000353. The van der Waals surface area contributed by atoms with Gasteiger partial charge >= 0.3 is 29.6 Å². The van der Waals surface area contributed by atoms with Crippen molar-refractivity contribution in [3.05, 3.63) is 113 Å². The number of amides is 1. The van der Waals surface area contributed by atoms with Crippen molar-refractivity contribution in [1.82, 2.24) is 5.32 Å². The molecule has 1 aliphatic rings. The SMILES string of the molecule is O=C(NCCc1ccccc1-c1ccccc1)c1ccc(Oc2cc3c(cc2Cl)C(C(=O)[O-])CCO3)cc1.[Na+]. The molecule has 0 aromatic heterocycles. The van der Waals surface area contributed by atoms with Gasteiger partial charge in [0.15, 0.2) is 0 Å². The number of carboxylic acids is 1. The van der Waals surface area contributed by atoms with E-state index in [-0.39, 0.29) is 47.1 Å². The van der Waals surface area contributed by atoms with Crippen LogP contribution in [0.15, 0.2) is 91.0 Å². The molecule has 0 saturated heterocycles. The van der Waals surface area contributed by atoms with Gasteiger partial charge < -0.3 is 24.7 Å². The Morgan fingerprint density at radius 1 is 0.974 bits per heavy atom. The average molecular weight is 550 g/mol. The van der Waals surface area contributed by atoms with Gasteiger partial charge in [0.2, 0.25) is 0 Å². The Morgan fingerprint density at radius 2 is 1.69 bits per heavy atom. The number of carboxylic acid groups (broad SMARTS) is 1. The summed E-state index contributed by atoms with van der Waals surface area (Å²) in [6, 6.07) is 28.2. The minimum Gasteiger partial charge on any atom is -0.549 e. The molecule has 192 valence electrons. The zero-order valence-electron chi connectivity index (χ0n) is 21.5. The molecule has 0 spiro atoms. The van der Waals surface area contributed by atoms with Crippen LogP contribution in [0.1, 0.15) is 33.8 Å². The maximum atomic E-state index is 12.7. The Morgan fingerprint density at radius 3 is 2.44 bits per heavy atom. The van der Waals surface area contributed by atoms with Crippen LogP contribution in [0.2, 0.25) is 5.02 Å². The third kappa shape index (κ3) is 6.84. The van der Waals surface area contributed by atoms with Crippen molar-refractivity contribution in [3.8, 4) is 28.4 Å². The molecule has 5 rings (SSSR count). The number of hydrogen-bond donors (Lipinski definition) is 1. The molecular weight excluding hydrogens is 525 g/mol. The van der Waals surface area contributed by atoms with E-state index >= 15 is 0 Å². The van der Waals surface area contributed by atoms with E-state index in [1.165, 1.54) is 5.56 Å². The molecule has 4 aromatic carbocycles. The summed E-state index contributed by atoms with van der Waals surface area (Å²) in [6.45, 7) is 0.771. The molecule has 6 nitrogen and oxygen atoms in total. The molecule has 0 radical (unpaired) electrons. The van der Waals surface area contributed by atoms with E-state index in [1.54, 1.807) is 36.4 Å². The van der Waals surface area contributed by atoms with E-state index in [9.17, 15) is 14.7 Å². The minimum atomic E-state index is -1.16. The minimum absolute atomic E-state index is 0. The maximum Gasteiger partial charge on any atom is 1.00 e.